The standard InChI is InChI=1S/C26H38O8/c1-14-13-16-22(4,11-10-17(27)28)15(21(2,3)32)9-12-23(16,5)26(20(31)34-8)19(30)25(7,33)18(29)24(14,26)6/h15-16,32-33H,1,9-13H2,2-8H3,(H,27,28)/t15-,16+,22+,23-,24-,25-,26+/m0/s1. The Labute approximate surface area is 200 Å². The fraction of sp³-hybridized carbons (Fsp3) is 0.769. The maximum absolute atomic E-state index is 14.0. The summed E-state index contributed by atoms with van der Waals surface area (Å²) in [4.78, 5) is 52.9. The number of carbonyl (C=O) groups excluding carboxylic acids is 3. The minimum absolute atomic E-state index is 0.158. The summed E-state index contributed by atoms with van der Waals surface area (Å²) >= 11 is 0. The molecule has 0 unspecified atom stereocenters. The Bertz CT molecular complexity index is 974. The van der Waals surface area contributed by atoms with Crippen LogP contribution in [0, 0.1) is 33.5 Å². The van der Waals surface area contributed by atoms with Gasteiger partial charge in [0.15, 0.2) is 22.6 Å². The number of fused-ring (bicyclic) bond motifs is 3. The predicted molar refractivity (Wildman–Crippen MR) is 123 cm³/mol. The number of methoxy groups -OCH3 is 1. The zero-order chi connectivity index (χ0) is 26.3. The number of Topliss-reactive ketones (excluding diaryl/α,β-unsaturated/α-hetero) is 2. The number of rotatable bonds is 5. The number of ketones is 2. The monoisotopic (exact) mass is 478 g/mol. The molecule has 0 saturated heterocycles. The normalized spacial score (nSPS) is 44.4. The molecule has 0 heterocycles. The molecular weight excluding hydrogens is 440 g/mol. The second-order valence-electron chi connectivity index (χ2n) is 12.0. The highest BCUT2D eigenvalue weighted by molar-refractivity contribution is 6.29. The Kier molecular flexibility index (Phi) is 5.83. The maximum atomic E-state index is 14.0. The molecule has 0 aromatic carbocycles. The van der Waals surface area contributed by atoms with Gasteiger partial charge in [0.25, 0.3) is 0 Å². The van der Waals surface area contributed by atoms with Gasteiger partial charge in [-0.05, 0) is 76.0 Å². The van der Waals surface area contributed by atoms with Crippen LogP contribution in [-0.2, 0) is 23.9 Å². The van der Waals surface area contributed by atoms with Crippen molar-refractivity contribution in [3.05, 3.63) is 12.2 Å². The van der Waals surface area contributed by atoms with Crippen LogP contribution in [0.1, 0.15) is 73.6 Å². The number of hydrogen-bond acceptors (Lipinski definition) is 7. The number of aliphatic carboxylic acids is 1. The molecule has 0 radical (unpaired) electrons. The van der Waals surface area contributed by atoms with E-state index in [0.29, 0.717) is 18.4 Å². The van der Waals surface area contributed by atoms with E-state index in [1.54, 1.807) is 20.8 Å². The third kappa shape index (κ3) is 2.84. The van der Waals surface area contributed by atoms with Gasteiger partial charge in [-0.25, -0.2) is 0 Å². The SMILES string of the molecule is C=C1C[C@@H]2[C@](C)(CCC(=O)O)[C@H](C(C)(C)O)CC[C@]2(C)[C@]2(C(=O)OC)C(=O)[C@@](C)(O)C(=O)[C@]12C. The van der Waals surface area contributed by atoms with Gasteiger partial charge in [-0.3, -0.25) is 19.2 Å². The van der Waals surface area contributed by atoms with Gasteiger partial charge in [-0.2, -0.15) is 0 Å². The minimum Gasteiger partial charge on any atom is -0.481 e. The van der Waals surface area contributed by atoms with Crippen LogP contribution in [0.4, 0.5) is 0 Å². The molecule has 0 bridgehead atoms. The largest absolute Gasteiger partial charge is 0.481 e. The average molecular weight is 479 g/mol. The molecule has 0 amide bonds. The van der Waals surface area contributed by atoms with Gasteiger partial charge in [0.05, 0.1) is 18.1 Å². The Morgan fingerprint density at radius 2 is 1.71 bits per heavy atom. The molecule has 7 atom stereocenters. The number of aliphatic hydroxyl groups is 2. The smallest absolute Gasteiger partial charge is 0.321 e. The van der Waals surface area contributed by atoms with E-state index in [1.807, 2.05) is 6.92 Å². The molecule has 3 saturated carbocycles. The molecule has 0 spiro atoms. The lowest BCUT2D eigenvalue weighted by Gasteiger charge is -2.67. The highest BCUT2D eigenvalue weighted by Crippen LogP contribution is 2.76. The number of carboxylic acids is 1. The molecule has 3 fully saturated rings. The van der Waals surface area contributed by atoms with Crippen LogP contribution < -0.4 is 0 Å². The summed E-state index contributed by atoms with van der Waals surface area (Å²) in [6, 6.07) is 0. The highest BCUT2D eigenvalue weighted by Gasteiger charge is 2.85. The number of carboxylic acid groups (broad SMARTS) is 1. The van der Waals surface area contributed by atoms with Crippen molar-refractivity contribution in [2.24, 2.45) is 33.5 Å². The van der Waals surface area contributed by atoms with Crippen molar-refractivity contribution in [1.82, 2.24) is 0 Å². The quantitative estimate of drug-likeness (QED) is 0.311. The van der Waals surface area contributed by atoms with Crippen LogP contribution >= 0.6 is 0 Å². The number of esters is 1. The third-order valence-electron chi connectivity index (χ3n) is 9.98. The molecule has 8 heteroatoms. The Balaban J connectivity index is 2.38. The van der Waals surface area contributed by atoms with Crippen molar-refractivity contribution in [1.29, 1.82) is 0 Å². The molecule has 8 nitrogen and oxygen atoms in total. The average Bonchev–Trinajstić information content (AvgIpc) is 2.84. The van der Waals surface area contributed by atoms with E-state index >= 15 is 0 Å². The van der Waals surface area contributed by atoms with E-state index in [-0.39, 0.29) is 25.2 Å². The topological polar surface area (TPSA) is 138 Å². The number of ether oxygens (including phenoxy) is 1. The molecule has 3 aliphatic carbocycles. The Morgan fingerprint density at radius 3 is 2.18 bits per heavy atom. The summed E-state index contributed by atoms with van der Waals surface area (Å²) in [6.07, 6.45) is 1.01. The zero-order valence-electron chi connectivity index (χ0n) is 21.3. The minimum atomic E-state index is -2.39. The summed E-state index contributed by atoms with van der Waals surface area (Å²) < 4.78 is 5.19. The molecule has 3 rings (SSSR count). The van der Waals surface area contributed by atoms with Crippen molar-refractivity contribution < 1.29 is 39.2 Å². The lowest BCUT2D eigenvalue weighted by Crippen LogP contribution is -2.70. The van der Waals surface area contributed by atoms with Crippen molar-refractivity contribution in [3.8, 4) is 0 Å². The van der Waals surface area contributed by atoms with Gasteiger partial charge < -0.3 is 20.1 Å². The molecule has 3 aliphatic rings. The van der Waals surface area contributed by atoms with Gasteiger partial charge in [0.2, 0.25) is 0 Å². The first kappa shape index (κ1) is 26.5. The summed E-state index contributed by atoms with van der Waals surface area (Å²) in [5.41, 5.74) is -8.88. The van der Waals surface area contributed by atoms with E-state index < -0.39 is 62.3 Å². The Hall–Kier alpha value is -2.06. The summed E-state index contributed by atoms with van der Waals surface area (Å²) in [7, 11) is 1.16. The van der Waals surface area contributed by atoms with Crippen LogP contribution in [0.25, 0.3) is 0 Å². The number of allylic oxidation sites excluding steroid dienone is 1. The van der Waals surface area contributed by atoms with E-state index in [1.165, 1.54) is 6.92 Å². The van der Waals surface area contributed by atoms with Crippen molar-refractivity contribution in [3.63, 3.8) is 0 Å². The first-order valence-corrected chi connectivity index (χ1v) is 11.8. The predicted octanol–water partition coefficient (Wildman–Crippen LogP) is 2.69. The van der Waals surface area contributed by atoms with Crippen LogP contribution in [0.15, 0.2) is 12.2 Å². The fourth-order valence-electron chi connectivity index (χ4n) is 8.45. The molecular formula is C26H38O8. The summed E-state index contributed by atoms with van der Waals surface area (Å²) in [5.74, 6) is -4.35. The van der Waals surface area contributed by atoms with E-state index in [0.717, 1.165) is 14.0 Å². The molecule has 3 N–H and O–H groups in total. The van der Waals surface area contributed by atoms with E-state index in [2.05, 4.69) is 6.58 Å². The van der Waals surface area contributed by atoms with Crippen molar-refractivity contribution >= 4 is 23.5 Å². The first-order valence-electron chi connectivity index (χ1n) is 11.8. The zero-order valence-corrected chi connectivity index (χ0v) is 21.3. The molecule has 0 aromatic rings. The molecule has 34 heavy (non-hydrogen) atoms. The Morgan fingerprint density at radius 1 is 1.15 bits per heavy atom. The van der Waals surface area contributed by atoms with Gasteiger partial charge in [-0.15, -0.1) is 0 Å². The molecule has 190 valence electrons. The summed E-state index contributed by atoms with van der Waals surface area (Å²) in [6.45, 7) is 13.8. The highest BCUT2D eigenvalue weighted by atomic mass is 16.5. The fourth-order valence-corrected chi connectivity index (χ4v) is 8.45. The third-order valence-corrected chi connectivity index (χ3v) is 9.98. The molecule has 0 aliphatic heterocycles. The van der Waals surface area contributed by atoms with E-state index in [4.69, 9.17) is 4.74 Å². The van der Waals surface area contributed by atoms with Gasteiger partial charge in [-0.1, -0.05) is 26.0 Å². The summed E-state index contributed by atoms with van der Waals surface area (Å²) in [5, 5.41) is 31.7. The van der Waals surface area contributed by atoms with Crippen molar-refractivity contribution in [2.45, 2.75) is 84.8 Å². The van der Waals surface area contributed by atoms with E-state index in [9.17, 15) is 34.5 Å². The van der Waals surface area contributed by atoms with Crippen LogP contribution in [-0.4, -0.2) is 57.1 Å². The van der Waals surface area contributed by atoms with Gasteiger partial charge in [0.1, 0.15) is 0 Å². The first-order chi connectivity index (χ1) is 15.3. The lowest BCUT2D eigenvalue weighted by molar-refractivity contribution is -0.218. The maximum Gasteiger partial charge on any atom is 0.321 e. The van der Waals surface area contributed by atoms with Crippen molar-refractivity contribution in [2.75, 3.05) is 7.11 Å². The number of carbonyl (C=O) groups is 4. The van der Waals surface area contributed by atoms with Gasteiger partial charge >= 0.3 is 11.9 Å². The van der Waals surface area contributed by atoms with Gasteiger partial charge in [0, 0.05) is 6.42 Å². The molecule has 0 aromatic heterocycles. The van der Waals surface area contributed by atoms with Crippen LogP contribution in [0.2, 0.25) is 0 Å². The van der Waals surface area contributed by atoms with Crippen LogP contribution in [0.5, 0.6) is 0 Å². The second-order valence-corrected chi connectivity index (χ2v) is 12.0. The second kappa shape index (κ2) is 7.47. The number of hydrogen-bond donors (Lipinski definition) is 3. The van der Waals surface area contributed by atoms with Crippen LogP contribution in [0.3, 0.4) is 0 Å². The lowest BCUT2D eigenvalue weighted by atomic mass is 9.34.